The first-order valence-corrected chi connectivity index (χ1v) is 12.2. The molecule has 0 aromatic heterocycles. The lowest BCUT2D eigenvalue weighted by Crippen LogP contribution is -2.16. The van der Waals surface area contributed by atoms with Crippen LogP contribution in [0.1, 0.15) is 103 Å². The van der Waals surface area contributed by atoms with Gasteiger partial charge in [-0.2, -0.15) is 0 Å². The van der Waals surface area contributed by atoms with E-state index in [0.29, 0.717) is 6.61 Å². The Morgan fingerprint density at radius 2 is 1.38 bits per heavy atom. The molecule has 1 saturated heterocycles. The third kappa shape index (κ3) is 12.1. The number of benzene rings is 1. The maximum atomic E-state index is 5.78. The summed E-state index contributed by atoms with van der Waals surface area (Å²) in [4.78, 5) is 0. The van der Waals surface area contributed by atoms with Gasteiger partial charge in [0.25, 0.3) is 0 Å². The summed E-state index contributed by atoms with van der Waals surface area (Å²) in [5.74, 6) is 0.946. The number of aryl methyl sites for hydroxylation is 1. The van der Waals surface area contributed by atoms with E-state index in [4.69, 9.17) is 9.47 Å². The topological polar surface area (TPSA) is 21.8 Å². The molecule has 1 aromatic rings. The average molecular weight is 401 g/mol. The van der Waals surface area contributed by atoms with Gasteiger partial charge in [-0.15, -0.1) is 0 Å². The molecule has 0 spiro atoms. The molecule has 0 aliphatic carbocycles. The summed E-state index contributed by atoms with van der Waals surface area (Å²) in [7, 11) is 0. The summed E-state index contributed by atoms with van der Waals surface area (Å²) in [6.07, 6.45) is 23.8. The van der Waals surface area contributed by atoms with Crippen molar-refractivity contribution in [2.75, 3.05) is 13.2 Å². The van der Waals surface area contributed by atoms with Crippen LogP contribution in [0.3, 0.4) is 0 Å². The van der Waals surface area contributed by atoms with Gasteiger partial charge in [-0.1, -0.05) is 89.0 Å². The van der Waals surface area contributed by atoms with Gasteiger partial charge < -0.3 is 9.47 Å². The van der Waals surface area contributed by atoms with E-state index in [1.54, 1.807) is 0 Å². The van der Waals surface area contributed by atoms with Gasteiger partial charge in [0, 0.05) is 0 Å². The molecule has 1 aliphatic rings. The smallest absolute Gasteiger partial charge is 0.123 e. The quantitative estimate of drug-likeness (QED) is 0.141. The lowest BCUT2D eigenvalue weighted by molar-refractivity contribution is 0.202. The molecule has 2 heteroatoms. The van der Waals surface area contributed by atoms with E-state index in [0.717, 1.165) is 18.8 Å². The Hall–Kier alpha value is -1.28. The van der Waals surface area contributed by atoms with E-state index in [1.165, 1.54) is 89.0 Å². The summed E-state index contributed by atoms with van der Waals surface area (Å²) in [6.45, 7) is 5.84. The second-order valence-corrected chi connectivity index (χ2v) is 9.01. The van der Waals surface area contributed by atoms with E-state index < -0.39 is 0 Å². The van der Waals surface area contributed by atoms with Crippen molar-refractivity contribution in [1.82, 2.24) is 0 Å². The second-order valence-electron chi connectivity index (χ2n) is 9.01. The minimum Gasteiger partial charge on any atom is -0.491 e. The molecule has 1 atom stereocenters. The molecular formula is C27H44O2. The SMILES string of the molecule is CCCCCCCCCCCC/C=C/CCCc1ccc(OCC2(C)CO2)cc1. The number of allylic oxidation sites excluding steroid dienone is 2. The van der Waals surface area contributed by atoms with Gasteiger partial charge in [-0.25, -0.2) is 0 Å². The van der Waals surface area contributed by atoms with Crippen molar-refractivity contribution < 1.29 is 9.47 Å². The van der Waals surface area contributed by atoms with Crippen LogP contribution in [-0.4, -0.2) is 18.8 Å². The van der Waals surface area contributed by atoms with Gasteiger partial charge in [0.05, 0.1) is 6.61 Å². The van der Waals surface area contributed by atoms with Gasteiger partial charge >= 0.3 is 0 Å². The predicted molar refractivity (Wildman–Crippen MR) is 125 cm³/mol. The number of epoxide rings is 1. The van der Waals surface area contributed by atoms with Crippen LogP contribution in [-0.2, 0) is 11.2 Å². The molecule has 1 unspecified atom stereocenters. The van der Waals surface area contributed by atoms with Crippen LogP contribution >= 0.6 is 0 Å². The Morgan fingerprint density at radius 3 is 1.97 bits per heavy atom. The van der Waals surface area contributed by atoms with Gasteiger partial charge in [0.15, 0.2) is 0 Å². The Bertz CT molecular complexity index is 542. The highest BCUT2D eigenvalue weighted by Gasteiger charge is 2.40. The summed E-state index contributed by atoms with van der Waals surface area (Å²) in [6, 6.07) is 8.56. The fraction of sp³-hybridized carbons (Fsp3) is 0.704. The van der Waals surface area contributed by atoms with E-state index in [-0.39, 0.29) is 5.60 Å². The molecule has 29 heavy (non-hydrogen) atoms. The molecule has 164 valence electrons. The largest absolute Gasteiger partial charge is 0.491 e. The molecular weight excluding hydrogens is 356 g/mol. The van der Waals surface area contributed by atoms with Crippen LogP contribution in [0.2, 0.25) is 0 Å². The van der Waals surface area contributed by atoms with Crippen LogP contribution in [0.25, 0.3) is 0 Å². The summed E-state index contributed by atoms with van der Waals surface area (Å²) < 4.78 is 11.1. The first kappa shape index (κ1) is 24.0. The minimum absolute atomic E-state index is 0.0428. The van der Waals surface area contributed by atoms with Crippen molar-refractivity contribution in [2.45, 2.75) is 109 Å². The monoisotopic (exact) mass is 400 g/mol. The Labute approximate surface area is 180 Å². The third-order valence-electron chi connectivity index (χ3n) is 5.83. The number of hydrogen-bond donors (Lipinski definition) is 0. The predicted octanol–water partition coefficient (Wildman–Crippen LogP) is 8.04. The third-order valence-corrected chi connectivity index (χ3v) is 5.83. The van der Waals surface area contributed by atoms with Crippen LogP contribution in [0, 0.1) is 0 Å². The highest BCUT2D eigenvalue weighted by atomic mass is 16.6. The minimum atomic E-state index is -0.0428. The number of unbranched alkanes of at least 4 members (excludes halogenated alkanes) is 11. The lowest BCUT2D eigenvalue weighted by Gasteiger charge is -2.09. The molecule has 0 N–H and O–H groups in total. The van der Waals surface area contributed by atoms with Crippen molar-refractivity contribution in [3.05, 3.63) is 42.0 Å². The maximum Gasteiger partial charge on any atom is 0.123 e. The zero-order chi connectivity index (χ0) is 20.6. The van der Waals surface area contributed by atoms with Crippen LogP contribution in [0.15, 0.2) is 36.4 Å². The summed E-state index contributed by atoms with van der Waals surface area (Å²) in [5, 5.41) is 0. The molecule has 1 aliphatic heterocycles. The molecule has 0 radical (unpaired) electrons. The van der Waals surface area contributed by atoms with E-state index in [2.05, 4.69) is 50.3 Å². The van der Waals surface area contributed by atoms with Gasteiger partial charge in [-0.05, 0) is 56.7 Å². The van der Waals surface area contributed by atoms with E-state index in [1.807, 2.05) is 0 Å². The highest BCUT2D eigenvalue weighted by molar-refractivity contribution is 5.27. The Morgan fingerprint density at radius 1 is 0.828 bits per heavy atom. The number of hydrogen-bond acceptors (Lipinski definition) is 2. The molecule has 2 rings (SSSR count). The van der Waals surface area contributed by atoms with Gasteiger partial charge in [0.2, 0.25) is 0 Å². The van der Waals surface area contributed by atoms with Gasteiger partial charge in [0.1, 0.15) is 18.0 Å². The average Bonchev–Trinajstić information content (AvgIpc) is 3.48. The molecule has 0 amide bonds. The standard InChI is InChI=1S/C27H44O2/c1-3-4-5-6-7-8-9-10-11-12-13-14-15-16-17-18-25-19-21-26(22-20-25)28-23-27(2)24-29-27/h14-15,19-22H,3-13,16-18,23-24H2,1-2H3/b15-14+. The van der Waals surface area contributed by atoms with Crippen molar-refractivity contribution in [3.63, 3.8) is 0 Å². The van der Waals surface area contributed by atoms with Crippen LogP contribution < -0.4 is 4.74 Å². The van der Waals surface area contributed by atoms with Crippen molar-refractivity contribution >= 4 is 0 Å². The van der Waals surface area contributed by atoms with Crippen molar-refractivity contribution in [2.24, 2.45) is 0 Å². The van der Waals surface area contributed by atoms with E-state index >= 15 is 0 Å². The van der Waals surface area contributed by atoms with Crippen LogP contribution in [0.4, 0.5) is 0 Å². The second kappa shape index (κ2) is 14.7. The molecule has 0 bridgehead atoms. The zero-order valence-electron chi connectivity index (χ0n) is 19.1. The number of ether oxygens (including phenoxy) is 2. The fourth-order valence-corrected chi connectivity index (χ4v) is 3.60. The normalized spacial score (nSPS) is 18.4. The Kier molecular flexibility index (Phi) is 12.1. The number of rotatable bonds is 18. The van der Waals surface area contributed by atoms with E-state index in [9.17, 15) is 0 Å². The maximum absolute atomic E-state index is 5.78. The molecule has 1 fully saturated rings. The van der Waals surface area contributed by atoms with Crippen molar-refractivity contribution in [3.8, 4) is 5.75 Å². The van der Waals surface area contributed by atoms with Gasteiger partial charge in [-0.3, -0.25) is 0 Å². The molecule has 1 heterocycles. The zero-order valence-corrected chi connectivity index (χ0v) is 19.1. The first-order chi connectivity index (χ1) is 14.2. The lowest BCUT2D eigenvalue weighted by atomic mass is 10.1. The Balaban J connectivity index is 1.38. The first-order valence-electron chi connectivity index (χ1n) is 12.2. The van der Waals surface area contributed by atoms with Crippen molar-refractivity contribution in [1.29, 1.82) is 0 Å². The fourth-order valence-electron chi connectivity index (χ4n) is 3.60. The summed E-state index contributed by atoms with van der Waals surface area (Å²) in [5.41, 5.74) is 1.35. The highest BCUT2D eigenvalue weighted by Crippen LogP contribution is 2.27. The molecule has 0 saturated carbocycles. The molecule has 1 aromatic carbocycles. The summed E-state index contributed by atoms with van der Waals surface area (Å²) >= 11 is 0. The van der Waals surface area contributed by atoms with Crippen LogP contribution in [0.5, 0.6) is 5.75 Å². The molecule has 2 nitrogen and oxygen atoms in total.